The van der Waals surface area contributed by atoms with Crippen LogP contribution in [0.15, 0.2) is 41.2 Å². The van der Waals surface area contributed by atoms with Crippen molar-refractivity contribution in [1.29, 1.82) is 0 Å². The van der Waals surface area contributed by atoms with E-state index < -0.39 is 16.3 Å². The number of pyridine rings is 1. The summed E-state index contributed by atoms with van der Waals surface area (Å²) >= 11 is 0. The Balaban J connectivity index is 2.35. The van der Waals surface area contributed by atoms with Crippen LogP contribution < -0.4 is 5.56 Å². The van der Waals surface area contributed by atoms with Crippen LogP contribution in [-0.4, -0.2) is 14.9 Å². The van der Waals surface area contributed by atoms with E-state index in [1.165, 1.54) is 30.3 Å². The van der Waals surface area contributed by atoms with Gasteiger partial charge in [0.1, 0.15) is 11.3 Å². The largest absolute Gasteiger partial charge is 0.350 e. The fraction of sp³-hybridized carbons (Fsp3) is 0. The number of H-pyrrole nitrogens is 2. The number of rotatable bonds is 1. The summed E-state index contributed by atoms with van der Waals surface area (Å²) in [7, 11) is 0. The van der Waals surface area contributed by atoms with Crippen molar-refractivity contribution < 1.29 is 9.31 Å². The lowest BCUT2D eigenvalue weighted by molar-refractivity contribution is -0.384. The van der Waals surface area contributed by atoms with Crippen LogP contribution in [0.4, 0.5) is 10.1 Å². The van der Waals surface area contributed by atoms with Crippen LogP contribution in [0.2, 0.25) is 0 Å². The van der Waals surface area contributed by atoms with E-state index in [4.69, 9.17) is 0 Å². The molecule has 2 heterocycles. The van der Waals surface area contributed by atoms with Crippen LogP contribution in [0.1, 0.15) is 0 Å². The first-order valence-corrected chi connectivity index (χ1v) is 6.46. The highest BCUT2D eigenvalue weighted by Crippen LogP contribution is 2.32. The van der Waals surface area contributed by atoms with Crippen LogP contribution in [0.3, 0.4) is 0 Å². The van der Waals surface area contributed by atoms with E-state index in [1.54, 1.807) is 6.07 Å². The molecule has 0 radical (unpaired) electrons. The van der Waals surface area contributed by atoms with Gasteiger partial charge >= 0.3 is 0 Å². The number of benzene rings is 2. The molecule has 0 aliphatic carbocycles. The van der Waals surface area contributed by atoms with Crippen LogP contribution >= 0.6 is 0 Å². The smallest absolute Gasteiger partial charge is 0.272 e. The number of nitrogens with one attached hydrogen (secondary N) is 2. The second-order valence-corrected chi connectivity index (χ2v) is 4.98. The third-order valence-corrected chi connectivity index (χ3v) is 3.73. The average molecular weight is 297 g/mol. The molecule has 0 aliphatic rings. The number of non-ortho nitro benzene ring substituents is 1. The number of hydrogen-bond donors (Lipinski definition) is 2. The fourth-order valence-electron chi connectivity index (χ4n) is 2.79. The van der Waals surface area contributed by atoms with Gasteiger partial charge in [-0.1, -0.05) is 6.07 Å². The summed E-state index contributed by atoms with van der Waals surface area (Å²) in [5, 5.41) is 12.0. The van der Waals surface area contributed by atoms with Gasteiger partial charge in [-0.05, 0) is 18.2 Å². The van der Waals surface area contributed by atoms with Gasteiger partial charge in [0.2, 0.25) is 0 Å². The Hall–Kier alpha value is -3.22. The van der Waals surface area contributed by atoms with Gasteiger partial charge in [0, 0.05) is 39.3 Å². The van der Waals surface area contributed by atoms with E-state index in [1.807, 2.05) is 0 Å². The molecule has 2 aromatic heterocycles. The lowest BCUT2D eigenvalue weighted by Crippen LogP contribution is -2.06. The van der Waals surface area contributed by atoms with Crippen molar-refractivity contribution in [3.05, 3.63) is 62.7 Å². The summed E-state index contributed by atoms with van der Waals surface area (Å²) < 4.78 is 14.2. The minimum absolute atomic E-state index is 0.119. The zero-order valence-corrected chi connectivity index (χ0v) is 11.0. The molecular formula is C15H8FN3O3. The first-order valence-electron chi connectivity index (χ1n) is 6.46. The Morgan fingerprint density at radius 1 is 1.05 bits per heavy atom. The molecule has 4 aromatic rings. The number of hydrogen-bond acceptors (Lipinski definition) is 3. The Morgan fingerprint density at radius 2 is 1.86 bits per heavy atom. The first-order chi connectivity index (χ1) is 10.6. The predicted octanol–water partition coefficient (Wildman–Crippen LogP) is 3.21. The standard InChI is InChI=1S/C15H8FN3O3/c16-9-2-1-3-11-13(9)12-8-6-7(19(21)22)4-5-10(8)18-15(20)14(12)17-11/h1-6,17H,(H,18,20). The molecule has 6 nitrogen and oxygen atoms in total. The number of aromatic nitrogens is 2. The SMILES string of the molecule is O=c1[nH]c2ccc([N+](=O)[O-])cc2c2c1[nH]c1cccc(F)c12. The van der Waals surface area contributed by atoms with Crippen molar-refractivity contribution in [2.24, 2.45) is 0 Å². The van der Waals surface area contributed by atoms with E-state index in [0.29, 0.717) is 21.8 Å². The van der Waals surface area contributed by atoms with E-state index in [9.17, 15) is 19.3 Å². The van der Waals surface area contributed by atoms with Crippen LogP contribution in [0.5, 0.6) is 0 Å². The van der Waals surface area contributed by atoms with E-state index >= 15 is 0 Å². The third-order valence-electron chi connectivity index (χ3n) is 3.73. The molecule has 0 spiro atoms. The lowest BCUT2D eigenvalue weighted by Gasteiger charge is -2.01. The van der Waals surface area contributed by atoms with Gasteiger partial charge in [0.05, 0.1) is 4.92 Å². The third kappa shape index (κ3) is 1.56. The van der Waals surface area contributed by atoms with E-state index in [2.05, 4.69) is 9.97 Å². The average Bonchev–Trinajstić information content (AvgIpc) is 2.88. The van der Waals surface area contributed by atoms with Crippen molar-refractivity contribution in [3.63, 3.8) is 0 Å². The van der Waals surface area contributed by atoms with Crippen LogP contribution in [-0.2, 0) is 0 Å². The fourth-order valence-corrected chi connectivity index (χ4v) is 2.79. The van der Waals surface area contributed by atoms with Gasteiger partial charge in [0.25, 0.3) is 11.2 Å². The van der Waals surface area contributed by atoms with Crippen molar-refractivity contribution in [2.45, 2.75) is 0 Å². The number of aromatic amines is 2. The second-order valence-electron chi connectivity index (χ2n) is 4.98. The molecule has 7 heteroatoms. The Morgan fingerprint density at radius 3 is 2.64 bits per heavy atom. The maximum atomic E-state index is 14.2. The molecule has 0 amide bonds. The van der Waals surface area contributed by atoms with Gasteiger partial charge < -0.3 is 9.97 Å². The summed E-state index contributed by atoms with van der Waals surface area (Å²) in [5.74, 6) is -0.484. The number of nitro benzene ring substituents is 1. The minimum atomic E-state index is -0.526. The highest BCUT2D eigenvalue weighted by atomic mass is 19.1. The molecular weight excluding hydrogens is 289 g/mol. The summed E-state index contributed by atoms with van der Waals surface area (Å²) in [6, 6.07) is 8.57. The predicted molar refractivity (Wildman–Crippen MR) is 80.5 cm³/mol. The van der Waals surface area contributed by atoms with Crippen molar-refractivity contribution in [3.8, 4) is 0 Å². The molecule has 4 rings (SSSR count). The summed E-state index contributed by atoms with van der Waals surface area (Å²) in [6.07, 6.45) is 0. The van der Waals surface area contributed by atoms with Crippen molar-refractivity contribution >= 4 is 38.4 Å². The van der Waals surface area contributed by atoms with Gasteiger partial charge in [-0.25, -0.2) is 4.39 Å². The second kappa shape index (κ2) is 4.14. The number of nitrogens with zero attached hydrogens (tertiary/aromatic N) is 1. The van der Waals surface area contributed by atoms with Gasteiger partial charge in [-0.15, -0.1) is 0 Å². The maximum absolute atomic E-state index is 14.2. The number of fused-ring (bicyclic) bond motifs is 5. The molecule has 0 aliphatic heterocycles. The molecule has 22 heavy (non-hydrogen) atoms. The molecule has 0 saturated heterocycles. The Labute approximate surface area is 121 Å². The number of nitro groups is 1. The van der Waals surface area contributed by atoms with Crippen LogP contribution in [0, 0.1) is 15.9 Å². The zero-order valence-electron chi connectivity index (χ0n) is 11.0. The molecule has 0 saturated carbocycles. The van der Waals surface area contributed by atoms with Crippen molar-refractivity contribution in [1.82, 2.24) is 9.97 Å². The van der Waals surface area contributed by atoms with Gasteiger partial charge in [-0.2, -0.15) is 0 Å². The Bertz CT molecular complexity index is 1140. The minimum Gasteiger partial charge on any atom is -0.350 e. The zero-order chi connectivity index (χ0) is 15.4. The molecule has 0 unspecified atom stereocenters. The van der Waals surface area contributed by atoms with E-state index in [0.717, 1.165) is 0 Å². The summed E-state index contributed by atoms with van der Waals surface area (Å²) in [5.41, 5.74) is 0.582. The molecule has 0 fully saturated rings. The summed E-state index contributed by atoms with van der Waals surface area (Å²) in [6.45, 7) is 0. The highest BCUT2D eigenvalue weighted by Gasteiger charge is 2.16. The summed E-state index contributed by atoms with van der Waals surface area (Å²) in [4.78, 5) is 28.1. The monoisotopic (exact) mass is 297 g/mol. The molecule has 2 aromatic carbocycles. The quantitative estimate of drug-likeness (QED) is 0.417. The molecule has 0 bridgehead atoms. The Kier molecular flexibility index (Phi) is 2.35. The van der Waals surface area contributed by atoms with E-state index in [-0.39, 0.29) is 16.6 Å². The van der Waals surface area contributed by atoms with Gasteiger partial charge in [-0.3, -0.25) is 14.9 Å². The maximum Gasteiger partial charge on any atom is 0.272 e. The topological polar surface area (TPSA) is 91.8 Å². The highest BCUT2D eigenvalue weighted by molar-refractivity contribution is 6.19. The van der Waals surface area contributed by atoms with Crippen molar-refractivity contribution in [2.75, 3.05) is 0 Å². The molecule has 2 N–H and O–H groups in total. The first kappa shape index (κ1) is 12.5. The number of halogens is 1. The van der Waals surface area contributed by atoms with Gasteiger partial charge in [0.15, 0.2) is 0 Å². The molecule has 108 valence electrons. The normalized spacial score (nSPS) is 11.5. The van der Waals surface area contributed by atoms with Crippen LogP contribution in [0.25, 0.3) is 32.7 Å². The lowest BCUT2D eigenvalue weighted by atomic mass is 10.1. The molecule has 0 atom stereocenters.